The van der Waals surface area contributed by atoms with Crippen LogP contribution in [-0.2, 0) is 4.79 Å². The van der Waals surface area contributed by atoms with E-state index in [1.165, 1.54) is 11.3 Å². The standard InChI is InChI=1S/C20H29N3O/c1-3-22-10-12-23(13-11-22)19-9-8-18(14-16(19)2)21-20(24)15-17-6-4-5-7-17/h4,6,8-9,14,17H,3,5,7,10-13,15H2,1-2H3,(H,21,24). The van der Waals surface area contributed by atoms with Crippen molar-refractivity contribution in [1.29, 1.82) is 0 Å². The van der Waals surface area contributed by atoms with E-state index in [9.17, 15) is 4.79 Å². The van der Waals surface area contributed by atoms with Crippen LogP contribution in [0.2, 0.25) is 0 Å². The highest BCUT2D eigenvalue weighted by Crippen LogP contribution is 2.26. The van der Waals surface area contributed by atoms with Crippen molar-refractivity contribution in [1.82, 2.24) is 4.90 Å². The Morgan fingerprint density at radius 2 is 2.04 bits per heavy atom. The van der Waals surface area contributed by atoms with Gasteiger partial charge < -0.3 is 15.1 Å². The molecule has 1 saturated heterocycles. The minimum absolute atomic E-state index is 0.121. The molecule has 0 bridgehead atoms. The maximum absolute atomic E-state index is 12.2. The molecule has 0 spiro atoms. The third-order valence-corrected chi connectivity index (χ3v) is 5.20. The van der Waals surface area contributed by atoms with Gasteiger partial charge >= 0.3 is 0 Å². The zero-order chi connectivity index (χ0) is 16.9. The van der Waals surface area contributed by atoms with E-state index in [0.29, 0.717) is 12.3 Å². The molecule has 0 aromatic heterocycles. The van der Waals surface area contributed by atoms with Crippen molar-refractivity contribution in [3.05, 3.63) is 35.9 Å². The molecular weight excluding hydrogens is 298 g/mol. The van der Waals surface area contributed by atoms with Gasteiger partial charge in [-0.3, -0.25) is 4.79 Å². The van der Waals surface area contributed by atoms with Crippen molar-refractivity contribution in [2.24, 2.45) is 5.92 Å². The average Bonchev–Trinajstić information content (AvgIpc) is 3.08. The molecule has 1 unspecified atom stereocenters. The van der Waals surface area contributed by atoms with E-state index in [2.05, 4.69) is 53.2 Å². The fraction of sp³-hybridized carbons (Fsp3) is 0.550. The van der Waals surface area contributed by atoms with Crippen LogP contribution in [-0.4, -0.2) is 43.5 Å². The molecule has 1 heterocycles. The number of allylic oxidation sites excluding steroid dienone is 2. The third kappa shape index (κ3) is 4.18. The van der Waals surface area contributed by atoms with Crippen LogP contribution in [0, 0.1) is 12.8 Å². The molecular formula is C20H29N3O. The first-order chi connectivity index (χ1) is 11.7. The predicted molar refractivity (Wildman–Crippen MR) is 101 cm³/mol. The number of carbonyl (C=O) groups excluding carboxylic acids is 1. The van der Waals surface area contributed by atoms with Crippen LogP contribution >= 0.6 is 0 Å². The smallest absolute Gasteiger partial charge is 0.224 e. The average molecular weight is 327 g/mol. The molecule has 1 amide bonds. The van der Waals surface area contributed by atoms with Crippen LogP contribution in [0.5, 0.6) is 0 Å². The maximum atomic E-state index is 12.2. The van der Waals surface area contributed by atoms with Crippen LogP contribution in [0.3, 0.4) is 0 Å². The van der Waals surface area contributed by atoms with E-state index in [1.54, 1.807) is 0 Å². The molecule has 1 N–H and O–H groups in total. The van der Waals surface area contributed by atoms with Gasteiger partial charge in [-0.2, -0.15) is 0 Å². The third-order valence-electron chi connectivity index (χ3n) is 5.20. The van der Waals surface area contributed by atoms with Crippen molar-refractivity contribution in [3.63, 3.8) is 0 Å². The highest BCUT2D eigenvalue weighted by atomic mass is 16.1. The van der Waals surface area contributed by atoms with E-state index >= 15 is 0 Å². The zero-order valence-corrected chi connectivity index (χ0v) is 14.9. The van der Waals surface area contributed by atoms with E-state index in [4.69, 9.17) is 0 Å². The Morgan fingerprint density at radius 1 is 1.25 bits per heavy atom. The van der Waals surface area contributed by atoms with Crippen LogP contribution in [0.25, 0.3) is 0 Å². The number of carbonyl (C=O) groups is 1. The molecule has 0 saturated carbocycles. The van der Waals surface area contributed by atoms with E-state index in [1.807, 2.05) is 6.07 Å². The second-order valence-electron chi connectivity index (χ2n) is 6.94. The lowest BCUT2D eigenvalue weighted by molar-refractivity contribution is -0.116. The van der Waals surface area contributed by atoms with Crippen molar-refractivity contribution in [2.45, 2.75) is 33.1 Å². The maximum Gasteiger partial charge on any atom is 0.224 e. The highest BCUT2D eigenvalue weighted by molar-refractivity contribution is 5.91. The molecule has 1 aliphatic carbocycles. The Hall–Kier alpha value is -1.81. The van der Waals surface area contributed by atoms with Gasteiger partial charge in [-0.1, -0.05) is 19.1 Å². The second kappa shape index (κ2) is 7.84. The zero-order valence-electron chi connectivity index (χ0n) is 14.9. The van der Waals surface area contributed by atoms with Gasteiger partial charge in [-0.05, 0) is 56.0 Å². The van der Waals surface area contributed by atoms with Crippen LogP contribution in [0.1, 0.15) is 31.7 Å². The number of nitrogens with zero attached hydrogens (tertiary/aromatic N) is 2. The monoisotopic (exact) mass is 327 g/mol. The number of hydrogen-bond donors (Lipinski definition) is 1. The number of likely N-dealkylation sites (N-methyl/N-ethyl adjacent to an activating group) is 1. The van der Waals surface area contributed by atoms with E-state index < -0.39 is 0 Å². The summed E-state index contributed by atoms with van der Waals surface area (Å²) in [6.45, 7) is 9.90. The summed E-state index contributed by atoms with van der Waals surface area (Å²) in [7, 11) is 0. The molecule has 1 aromatic rings. The van der Waals surface area contributed by atoms with E-state index in [-0.39, 0.29) is 5.91 Å². The summed E-state index contributed by atoms with van der Waals surface area (Å²) in [4.78, 5) is 17.1. The summed E-state index contributed by atoms with van der Waals surface area (Å²) in [5.41, 5.74) is 3.44. The molecule has 1 fully saturated rings. The summed E-state index contributed by atoms with van der Waals surface area (Å²) < 4.78 is 0. The number of hydrogen-bond acceptors (Lipinski definition) is 3. The molecule has 2 aliphatic rings. The molecule has 4 nitrogen and oxygen atoms in total. The molecule has 1 aliphatic heterocycles. The van der Waals surface area contributed by atoms with Crippen molar-refractivity contribution in [3.8, 4) is 0 Å². The Labute approximate surface area is 145 Å². The largest absolute Gasteiger partial charge is 0.369 e. The van der Waals surface area contributed by atoms with Crippen LogP contribution < -0.4 is 10.2 Å². The van der Waals surface area contributed by atoms with Crippen molar-refractivity contribution >= 4 is 17.3 Å². The van der Waals surface area contributed by atoms with Gasteiger partial charge in [-0.25, -0.2) is 0 Å². The van der Waals surface area contributed by atoms with Gasteiger partial charge in [0.05, 0.1) is 0 Å². The lowest BCUT2D eigenvalue weighted by Crippen LogP contribution is -2.46. The quantitative estimate of drug-likeness (QED) is 0.842. The predicted octanol–water partition coefficient (Wildman–Crippen LogP) is 3.43. The lowest BCUT2D eigenvalue weighted by Gasteiger charge is -2.36. The lowest BCUT2D eigenvalue weighted by atomic mass is 10.0. The van der Waals surface area contributed by atoms with Gasteiger partial charge in [0.1, 0.15) is 0 Å². The first-order valence-corrected chi connectivity index (χ1v) is 9.20. The van der Waals surface area contributed by atoms with Gasteiger partial charge in [0.2, 0.25) is 5.91 Å². The topological polar surface area (TPSA) is 35.6 Å². The SMILES string of the molecule is CCN1CCN(c2ccc(NC(=O)CC3C=CCC3)cc2C)CC1. The molecule has 1 atom stereocenters. The molecule has 4 heteroatoms. The van der Waals surface area contributed by atoms with Crippen molar-refractivity contribution in [2.75, 3.05) is 42.9 Å². The molecule has 3 rings (SSSR count). The number of rotatable bonds is 5. The van der Waals surface area contributed by atoms with Gasteiger partial charge in [-0.15, -0.1) is 0 Å². The van der Waals surface area contributed by atoms with Crippen LogP contribution in [0.4, 0.5) is 11.4 Å². The Kier molecular flexibility index (Phi) is 5.56. The fourth-order valence-electron chi connectivity index (χ4n) is 3.71. The second-order valence-corrected chi connectivity index (χ2v) is 6.94. The highest BCUT2D eigenvalue weighted by Gasteiger charge is 2.18. The summed E-state index contributed by atoms with van der Waals surface area (Å²) in [6.07, 6.45) is 7.15. The Balaban J connectivity index is 1.58. The number of nitrogens with one attached hydrogen (secondary N) is 1. The summed E-state index contributed by atoms with van der Waals surface area (Å²) in [5, 5.41) is 3.06. The van der Waals surface area contributed by atoms with Gasteiger partial charge in [0.25, 0.3) is 0 Å². The summed E-state index contributed by atoms with van der Waals surface area (Å²) in [6, 6.07) is 6.29. The number of aryl methyl sites for hydroxylation is 1. The molecule has 130 valence electrons. The first kappa shape index (κ1) is 17.0. The molecule has 1 aromatic carbocycles. The molecule has 24 heavy (non-hydrogen) atoms. The minimum atomic E-state index is 0.121. The minimum Gasteiger partial charge on any atom is -0.369 e. The Bertz CT molecular complexity index is 603. The summed E-state index contributed by atoms with van der Waals surface area (Å²) in [5.74, 6) is 0.537. The van der Waals surface area contributed by atoms with Gasteiger partial charge in [0, 0.05) is 44.0 Å². The fourth-order valence-corrected chi connectivity index (χ4v) is 3.71. The van der Waals surface area contributed by atoms with Crippen molar-refractivity contribution < 1.29 is 4.79 Å². The first-order valence-electron chi connectivity index (χ1n) is 9.20. The molecule has 0 radical (unpaired) electrons. The number of benzene rings is 1. The van der Waals surface area contributed by atoms with Crippen LogP contribution in [0.15, 0.2) is 30.4 Å². The number of piperazine rings is 1. The number of amides is 1. The normalized spacial score (nSPS) is 21.2. The van der Waals surface area contributed by atoms with E-state index in [0.717, 1.165) is 51.3 Å². The summed E-state index contributed by atoms with van der Waals surface area (Å²) >= 11 is 0. The Morgan fingerprint density at radius 3 is 2.67 bits per heavy atom. The van der Waals surface area contributed by atoms with Gasteiger partial charge in [0.15, 0.2) is 0 Å². The number of anilines is 2.